The van der Waals surface area contributed by atoms with Crippen molar-refractivity contribution < 1.29 is 19.1 Å². The molecule has 1 saturated carbocycles. The van der Waals surface area contributed by atoms with Gasteiger partial charge < -0.3 is 14.8 Å². The molecule has 1 atom stereocenters. The number of carboxylic acid groups (broad SMARTS) is 1. The maximum atomic E-state index is 11.8. The van der Waals surface area contributed by atoms with Gasteiger partial charge in [-0.1, -0.05) is 6.92 Å². The first-order valence-electron chi connectivity index (χ1n) is 5.59. The topological polar surface area (TPSA) is 92.4 Å². The third-order valence-corrected chi connectivity index (χ3v) is 2.82. The van der Waals surface area contributed by atoms with Crippen molar-refractivity contribution in [2.75, 3.05) is 0 Å². The van der Waals surface area contributed by atoms with Crippen molar-refractivity contribution >= 4 is 11.9 Å². The number of carbonyl (C=O) groups is 2. The Kier molecular flexibility index (Phi) is 3.12. The third kappa shape index (κ3) is 2.46. The van der Waals surface area contributed by atoms with Crippen LogP contribution >= 0.6 is 0 Å². The number of nitrogens with zero attached hydrogens (tertiary/aromatic N) is 1. The number of aryl methyl sites for hydroxylation is 1. The Balaban J connectivity index is 2.07. The molecule has 0 radical (unpaired) electrons. The average molecular weight is 238 g/mol. The molecule has 2 N–H and O–H groups in total. The molecule has 2 rings (SSSR count). The lowest BCUT2D eigenvalue weighted by atomic mass is 10.1. The number of amides is 1. The molecule has 1 aromatic rings. The molecule has 6 heteroatoms. The molecule has 0 spiro atoms. The van der Waals surface area contributed by atoms with E-state index in [0.717, 1.165) is 12.8 Å². The quantitative estimate of drug-likeness (QED) is 0.792. The summed E-state index contributed by atoms with van der Waals surface area (Å²) in [5.74, 6) is -0.951. The predicted octanol–water partition coefficient (Wildman–Crippen LogP) is 0.830. The maximum absolute atomic E-state index is 11.8. The monoisotopic (exact) mass is 238 g/mol. The summed E-state index contributed by atoms with van der Waals surface area (Å²) in [5, 5.41) is 11.5. The highest BCUT2D eigenvalue weighted by molar-refractivity contribution is 5.95. The molecule has 1 aliphatic carbocycles. The number of oxazole rings is 1. The molecular weight excluding hydrogens is 224 g/mol. The standard InChI is InChI=1S/C11H14N2O4/c1-2-7-9(12-5-17-7)10(14)13-8(11(15)16)6-3-4-6/h5-6,8H,2-4H2,1H3,(H,13,14)(H,15,16). The number of aliphatic carboxylic acids is 1. The SMILES string of the molecule is CCc1ocnc1C(=O)NC(C(=O)O)C1CC1. The van der Waals surface area contributed by atoms with Gasteiger partial charge in [-0.25, -0.2) is 9.78 Å². The average Bonchev–Trinajstić information content (AvgIpc) is 3.01. The molecule has 6 nitrogen and oxygen atoms in total. The number of hydrogen-bond donors (Lipinski definition) is 2. The number of nitrogens with one attached hydrogen (secondary N) is 1. The predicted molar refractivity (Wildman–Crippen MR) is 57.5 cm³/mol. The lowest BCUT2D eigenvalue weighted by Crippen LogP contribution is -2.42. The molecule has 0 aliphatic heterocycles. The van der Waals surface area contributed by atoms with Gasteiger partial charge in [-0.05, 0) is 18.8 Å². The second-order valence-electron chi connectivity index (χ2n) is 4.10. The second kappa shape index (κ2) is 4.57. The Morgan fingerprint density at radius 2 is 2.35 bits per heavy atom. The summed E-state index contributed by atoms with van der Waals surface area (Å²) >= 11 is 0. The first-order valence-corrected chi connectivity index (χ1v) is 5.59. The molecule has 1 heterocycles. The molecule has 1 fully saturated rings. The molecule has 1 amide bonds. The van der Waals surface area contributed by atoms with Gasteiger partial charge in [0.25, 0.3) is 5.91 Å². The largest absolute Gasteiger partial charge is 0.480 e. The molecule has 1 unspecified atom stereocenters. The van der Waals surface area contributed by atoms with Crippen LogP contribution in [-0.4, -0.2) is 28.0 Å². The van der Waals surface area contributed by atoms with Gasteiger partial charge in [0.1, 0.15) is 11.8 Å². The molecule has 0 saturated heterocycles. The van der Waals surface area contributed by atoms with Gasteiger partial charge in [-0.2, -0.15) is 0 Å². The van der Waals surface area contributed by atoms with E-state index in [1.165, 1.54) is 6.39 Å². The second-order valence-corrected chi connectivity index (χ2v) is 4.10. The molecule has 1 aliphatic rings. The van der Waals surface area contributed by atoms with Gasteiger partial charge in [0, 0.05) is 6.42 Å². The Labute approximate surface area is 98.0 Å². The smallest absolute Gasteiger partial charge is 0.326 e. The zero-order valence-electron chi connectivity index (χ0n) is 9.47. The summed E-state index contributed by atoms with van der Waals surface area (Å²) in [7, 11) is 0. The van der Waals surface area contributed by atoms with Crippen LogP contribution in [0.5, 0.6) is 0 Å². The number of rotatable bonds is 5. The van der Waals surface area contributed by atoms with Crippen LogP contribution < -0.4 is 5.32 Å². The van der Waals surface area contributed by atoms with Crippen molar-refractivity contribution in [1.29, 1.82) is 0 Å². The summed E-state index contributed by atoms with van der Waals surface area (Å²) in [6, 6.07) is -0.816. The van der Waals surface area contributed by atoms with E-state index in [2.05, 4.69) is 10.3 Å². The first-order chi connectivity index (χ1) is 8.13. The molecule has 17 heavy (non-hydrogen) atoms. The van der Waals surface area contributed by atoms with E-state index in [-0.39, 0.29) is 11.6 Å². The van der Waals surface area contributed by atoms with E-state index >= 15 is 0 Å². The highest BCUT2D eigenvalue weighted by Gasteiger charge is 2.37. The lowest BCUT2D eigenvalue weighted by molar-refractivity contribution is -0.139. The Bertz CT molecular complexity index is 436. The summed E-state index contributed by atoms with van der Waals surface area (Å²) in [4.78, 5) is 26.6. The Hall–Kier alpha value is -1.85. The van der Waals surface area contributed by atoms with Crippen molar-refractivity contribution in [1.82, 2.24) is 10.3 Å². The van der Waals surface area contributed by atoms with E-state index < -0.39 is 17.9 Å². The summed E-state index contributed by atoms with van der Waals surface area (Å²) < 4.78 is 5.03. The van der Waals surface area contributed by atoms with E-state index in [1.54, 1.807) is 0 Å². The third-order valence-electron chi connectivity index (χ3n) is 2.82. The van der Waals surface area contributed by atoms with Gasteiger partial charge in [0.2, 0.25) is 0 Å². The molecule has 0 aromatic carbocycles. The molecule has 92 valence electrons. The normalized spacial score (nSPS) is 16.5. The van der Waals surface area contributed by atoms with Crippen molar-refractivity contribution in [2.45, 2.75) is 32.2 Å². The fraction of sp³-hybridized carbons (Fsp3) is 0.545. The minimum atomic E-state index is -0.998. The first kappa shape index (κ1) is 11.6. The van der Waals surface area contributed by atoms with Crippen LogP contribution in [0.3, 0.4) is 0 Å². The Morgan fingerprint density at radius 1 is 1.65 bits per heavy atom. The van der Waals surface area contributed by atoms with E-state index in [1.807, 2.05) is 6.92 Å². The zero-order valence-corrected chi connectivity index (χ0v) is 9.47. The highest BCUT2D eigenvalue weighted by atomic mass is 16.4. The van der Waals surface area contributed by atoms with Crippen LogP contribution in [-0.2, 0) is 11.2 Å². The van der Waals surface area contributed by atoms with Gasteiger partial charge >= 0.3 is 5.97 Å². The van der Waals surface area contributed by atoms with Crippen LogP contribution in [0.1, 0.15) is 36.0 Å². The number of carbonyl (C=O) groups excluding carboxylic acids is 1. The van der Waals surface area contributed by atoms with Gasteiger partial charge in [0.15, 0.2) is 12.1 Å². The van der Waals surface area contributed by atoms with Gasteiger partial charge in [-0.3, -0.25) is 4.79 Å². The summed E-state index contributed by atoms with van der Waals surface area (Å²) in [5.41, 5.74) is 0.180. The highest BCUT2D eigenvalue weighted by Crippen LogP contribution is 2.32. The Morgan fingerprint density at radius 3 is 2.88 bits per heavy atom. The summed E-state index contributed by atoms with van der Waals surface area (Å²) in [6.45, 7) is 1.84. The van der Waals surface area contributed by atoms with Crippen molar-refractivity contribution in [3.8, 4) is 0 Å². The van der Waals surface area contributed by atoms with E-state index in [0.29, 0.717) is 12.2 Å². The van der Waals surface area contributed by atoms with E-state index in [9.17, 15) is 9.59 Å². The van der Waals surface area contributed by atoms with Crippen LogP contribution in [0, 0.1) is 5.92 Å². The molecular formula is C11H14N2O4. The van der Waals surface area contributed by atoms with Crippen LogP contribution in [0.4, 0.5) is 0 Å². The fourth-order valence-electron chi connectivity index (χ4n) is 1.73. The minimum Gasteiger partial charge on any atom is -0.480 e. The lowest BCUT2D eigenvalue weighted by Gasteiger charge is -2.12. The number of aromatic nitrogens is 1. The molecule has 0 bridgehead atoms. The molecule has 1 aromatic heterocycles. The zero-order chi connectivity index (χ0) is 12.4. The fourth-order valence-corrected chi connectivity index (χ4v) is 1.73. The van der Waals surface area contributed by atoms with Gasteiger partial charge in [-0.15, -0.1) is 0 Å². The minimum absolute atomic E-state index is 0.0495. The van der Waals surface area contributed by atoms with Crippen LogP contribution in [0.2, 0.25) is 0 Å². The van der Waals surface area contributed by atoms with E-state index in [4.69, 9.17) is 9.52 Å². The van der Waals surface area contributed by atoms with Crippen LogP contribution in [0.15, 0.2) is 10.8 Å². The number of carboxylic acids is 1. The van der Waals surface area contributed by atoms with Gasteiger partial charge in [0.05, 0.1) is 0 Å². The van der Waals surface area contributed by atoms with Crippen molar-refractivity contribution in [3.05, 3.63) is 17.8 Å². The number of hydrogen-bond acceptors (Lipinski definition) is 4. The van der Waals surface area contributed by atoms with Crippen LogP contribution in [0.25, 0.3) is 0 Å². The van der Waals surface area contributed by atoms with Crippen molar-refractivity contribution in [2.24, 2.45) is 5.92 Å². The summed E-state index contributed by atoms with van der Waals surface area (Å²) in [6.07, 6.45) is 3.43. The maximum Gasteiger partial charge on any atom is 0.326 e. The van der Waals surface area contributed by atoms with Crippen molar-refractivity contribution in [3.63, 3.8) is 0 Å².